The van der Waals surface area contributed by atoms with Crippen molar-refractivity contribution in [3.63, 3.8) is 0 Å². The number of benzene rings is 3. The highest BCUT2D eigenvalue weighted by molar-refractivity contribution is 7.92. The van der Waals surface area contributed by atoms with Crippen molar-refractivity contribution in [2.45, 2.75) is 46.4 Å². The highest BCUT2D eigenvalue weighted by Gasteiger charge is 2.27. The Morgan fingerprint density at radius 3 is 2.24 bits per heavy atom. The van der Waals surface area contributed by atoms with E-state index < -0.39 is 22.5 Å². The predicted octanol–water partition coefficient (Wildman–Crippen LogP) is 5.76. The third-order valence-electron chi connectivity index (χ3n) is 6.94. The summed E-state index contributed by atoms with van der Waals surface area (Å²) >= 11 is 0. The van der Waals surface area contributed by atoms with Crippen LogP contribution in [0.5, 0.6) is 5.75 Å². The van der Waals surface area contributed by atoms with Crippen LogP contribution in [-0.2, 0) is 14.8 Å². The van der Waals surface area contributed by atoms with E-state index in [-0.39, 0.29) is 4.90 Å². The molecule has 3 aromatic carbocycles. The second-order valence-electron chi connectivity index (χ2n) is 9.98. The first-order valence-corrected chi connectivity index (χ1v) is 14.9. The molecule has 0 atom stereocenters. The zero-order valence-electron chi connectivity index (χ0n) is 24.3. The van der Waals surface area contributed by atoms with Gasteiger partial charge in [0.25, 0.3) is 15.9 Å². The Labute approximate surface area is 242 Å². The number of carbonyl (C=O) groups is 1. The Bertz CT molecular complexity index is 1670. The van der Waals surface area contributed by atoms with Gasteiger partial charge in [0.2, 0.25) is 0 Å². The van der Waals surface area contributed by atoms with E-state index in [4.69, 9.17) is 4.74 Å². The summed E-state index contributed by atoms with van der Waals surface area (Å²) in [6.45, 7) is 12.0. The zero-order chi connectivity index (χ0) is 29.7. The number of nitrogens with zero attached hydrogens (tertiary/aromatic N) is 3. The highest BCUT2D eigenvalue weighted by Crippen LogP contribution is 2.26. The molecule has 8 nitrogen and oxygen atoms in total. The van der Waals surface area contributed by atoms with Crippen molar-refractivity contribution in [3.8, 4) is 11.4 Å². The smallest absolute Gasteiger partial charge is 0.264 e. The van der Waals surface area contributed by atoms with Crippen molar-refractivity contribution >= 4 is 27.8 Å². The Balaban J connectivity index is 1.56. The predicted molar refractivity (Wildman–Crippen MR) is 164 cm³/mol. The fraction of sp³-hybridized carbons (Fsp3) is 0.250. The number of hydrazone groups is 1. The summed E-state index contributed by atoms with van der Waals surface area (Å²) in [5, 5.41) is 4.15. The minimum atomic E-state index is -4.04. The number of hydrogen-bond acceptors (Lipinski definition) is 5. The molecule has 41 heavy (non-hydrogen) atoms. The molecule has 0 aliphatic heterocycles. The van der Waals surface area contributed by atoms with Gasteiger partial charge in [-0.05, 0) is 107 Å². The summed E-state index contributed by atoms with van der Waals surface area (Å²) in [5.41, 5.74) is 10.1. The Morgan fingerprint density at radius 2 is 1.61 bits per heavy atom. The number of aryl methyl sites for hydroxylation is 4. The summed E-state index contributed by atoms with van der Waals surface area (Å²) < 4.78 is 35.9. The van der Waals surface area contributed by atoms with Gasteiger partial charge in [-0.2, -0.15) is 5.10 Å². The molecule has 0 spiro atoms. The Hall–Kier alpha value is -4.37. The van der Waals surface area contributed by atoms with Gasteiger partial charge in [-0.1, -0.05) is 23.8 Å². The molecule has 214 valence electrons. The van der Waals surface area contributed by atoms with Crippen LogP contribution in [-0.4, -0.2) is 38.3 Å². The van der Waals surface area contributed by atoms with Crippen molar-refractivity contribution < 1.29 is 17.9 Å². The van der Waals surface area contributed by atoms with Gasteiger partial charge in [-0.25, -0.2) is 13.8 Å². The van der Waals surface area contributed by atoms with E-state index >= 15 is 0 Å². The van der Waals surface area contributed by atoms with Crippen LogP contribution in [0.2, 0.25) is 0 Å². The molecule has 0 aliphatic carbocycles. The summed E-state index contributed by atoms with van der Waals surface area (Å²) in [4.78, 5) is 13.1. The summed E-state index contributed by atoms with van der Waals surface area (Å²) in [7, 11) is -4.04. The minimum Gasteiger partial charge on any atom is -0.494 e. The van der Waals surface area contributed by atoms with Gasteiger partial charge < -0.3 is 9.30 Å². The van der Waals surface area contributed by atoms with Crippen LogP contribution in [0.4, 0.5) is 5.69 Å². The van der Waals surface area contributed by atoms with Crippen LogP contribution in [0.15, 0.2) is 82.8 Å². The second kappa shape index (κ2) is 12.4. The van der Waals surface area contributed by atoms with Crippen LogP contribution < -0.4 is 14.5 Å². The largest absolute Gasteiger partial charge is 0.494 e. The quantitative estimate of drug-likeness (QED) is 0.193. The number of hydrogen-bond donors (Lipinski definition) is 1. The number of ether oxygens (including phenoxy) is 1. The third kappa shape index (κ3) is 6.69. The fourth-order valence-corrected chi connectivity index (χ4v) is 5.97. The lowest BCUT2D eigenvalue weighted by atomic mass is 10.1. The number of carbonyl (C=O) groups excluding carboxylic acids is 1. The average molecular weight is 573 g/mol. The molecule has 1 amide bonds. The van der Waals surface area contributed by atoms with E-state index in [2.05, 4.69) is 47.1 Å². The van der Waals surface area contributed by atoms with Gasteiger partial charge in [0.15, 0.2) is 0 Å². The van der Waals surface area contributed by atoms with Gasteiger partial charge in [-0.15, -0.1) is 0 Å². The number of anilines is 1. The van der Waals surface area contributed by atoms with E-state index in [0.29, 0.717) is 18.0 Å². The van der Waals surface area contributed by atoms with Crippen molar-refractivity contribution in [1.82, 2.24) is 9.99 Å². The van der Waals surface area contributed by atoms with Gasteiger partial charge in [-0.3, -0.25) is 9.10 Å². The normalized spacial score (nSPS) is 11.6. The standard InChI is InChI=1S/C32H36N4O4S/c1-7-40-30-14-12-28(13-15-30)35(41(38,39)31-16-8-22(2)9-17-31)21-32(37)34-33-20-27-19-25(5)36(26(27)6)29-11-10-23(3)24(4)18-29/h8-20H,7,21H2,1-6H3,(H,34,37). The van der Waals surface area contributed by atoms with Crippen LogP contribution in [0.25, 0.3) is 5.69 Å². The van der Waals surface area contributed by atoms with E-state index in [1.54, 1.807) is 42.6 Å². The van der Waals surface area contributed by atoms with Crippen molar-refractivity contribution in [2.24, 2.45) is 5.10 Å². The highest BCUT2D eigenvalue weighted by atomic mass is 32.2. The lowest BCUT2D eigenvalue weighted by Gasteiger charge is -2.24. The molecule has 0 bridgehead atoms. The molecular weight excluding hydrogens is 536 g/mol. The van der Waals surface area contributed by atoms with E-state index in [0.717, 1.165) is 32.5 Å². The van der Waals surface area contributed by atoms with E-state index in [1.807, 2.05) is 33.8 Å². The number of nitrogens with one attached hydrogen (secondary N) is 1. The maximum Gasteiger partial charge on any atom is 0.264 e. The lowest BCUT2D eigenvalue weighted by molar-refractivity contribution is -0.119. The minimum absolute atomic E-state index is 0.0899. The zero-order valence-corrected chi connectivity index (χ0v) is 25.1. The molecule has 4 rings (SSSR count). The second-order valence-corrected chi connectivity index (χ2v) is 11.8. The first-order chi connectivity index (χ1) is 19.5. The topological polar surface area (TPSA) is 93.0 Å². The number of rotatable bonds is 10. The lowest BCUT2D eigenvalue weighted by Crippen LogP contribution is -2.39. The Kier molecular flexibility index (Phi) is 8.98. The molecule has 0 saturated carbocycles. The molecule has 0 radical (unpaired) electrons. The molecule has 1 heterocycles. The van der Waals surface area contributed by atoms with Crippen molar-refractivity contribution in [3.05, 3.63) is 106 Å². The molecule has 0 saturated heterocycles. The summed E-state index contributed by atoms with van der Waals surface area (Å²) in [5.74, 6) is 0.0326. The molecule has 1 aromatic heterocycles. The number of aromatic nitrogens is 1. The maximum absolute atomic E-state index is 13.6. The molecule has 0 aliphatic rings. The molecule has 4 aromatic rings. The number of sulfonamides is 1. The van der Waals surface area contributed by atoms with Crippen LogP contribution in [0.1, 0.15) is 40.6 Å². The van der Waals surface area contributed by atoms with Crippen LogP contribution >= 0.6 is 0 Å². The first kappa shape index (κ1) is 29.6. The molecule has 9 heteroatoms. The van der Waals surface area contributed by atoms with Gasteiger partial charge in [0, 0.05) is 22.6 Å². The van der Waals surface area contributed by atoms with Crippen LogP contribution in [0, 0.1) is 34.6 Å². The molecule has 0 fully saturated rings. The summed E-state index contributed by atoms with van der Waals surface area (Å²) in [6.07, 6.45) is 1.58. The van der Waals surface area contributed by atoms with Gasteiger partial charge in [0.1, 0.15) is 12.3 Å². The maximum atomic E-state index is 13.6. The average Bonchev–Trinajstić information content (AvgIpc) is 3.22. The van der Waals surface area contributed by atoms with Crippen molar-refractivity contribution in [1.29, 1.82) is 0 Å². The molecule has 0 unspecified atom stereocenters. The third-order valence-corrected chi connectivity index (χ3v) is 8.73. The molecule has 1 N–H and O–H groups in total. The Morgan fingerprint density at radius 1 is 0.927 bits per heavy atom. The number of amides is 1. The molecular formula is C32H36N4O4S. The van der Waals surface area contributed by atoms with E-state index in [9.17, 15) is 13.2 Å². The summed E-state index contributed by atoms with van der Waals surface area (Å²) in [6, 6.07) is 21.4. The SMILES string of the molecule is CCOc1ccc(N(CC(=O)NN=Cc2cc(C)n(-c3ccc(C)c(C)c3)c2C)S(=O)(=O)c2ccc(C)cc2)cc1. The fourth-order valence-electron chi connectivity index (χ4n) is 4.55. The van der Waals surface area contributed by atoms with Gasteiger partial charge in [0.05, 0.1) is 23.4 Å². The first-order valence-electron chi connectivity index (χ1n) is 13.4. The van der Waals surface area contributed by atoms with Crippen LogP contribution in [0.3, 0.4) is 0 Å². The van der Waals surface area contributed by atoms with Crippen molar-refractivity contribution in [2.75, 3.05) is 17.5 Å². The monoisotopic (exact) mass is 572 g/mol. The van der Waals surface area contributed by atoms with E-state index in [1.165, 1.54) is 23.3 Å². The van der Waals surface area contributed by atoms with Gasteiger partial charge >= 0.3 is 0 Å².